The summed E-state index contributed by atoms with van der Waals surface area (Å²) in [6, 6.07) is 0. The van der Waals surface area contributed by atoms with E-state index in [1.54, 1.807) is 0 Å². The van der Waals surface area contributed by atoms with Gasteiger partial charge in [-0.05, 0) is 32.2 Å². The lowest BCUT2D eigenvalue weighted by Gasteiger charge is -2.21. The third kappa shape index (κ3) is 6.88. The number of hydrogen-bond acceptors (Lipinski definition) is 3. The Morgan fingerprint density at radius 1 is 1.13 bits per heavy atom. The Labute approximate surface area is 93.6 Å². The molecular weight excluding hydrogens is 188 g/mol. The van der Waals surface area contributed by atoms with Crippen molar-refractivity contribution in [1.82, 2.24) is 10.6 Å². The number of aliphatic hydroxyl groups is 1. The van der Waals surface area contributed by atoms with Gasteiger partial charge in [0, 0.05) is 19.6 Å². The molecule has 1 rings (SSSR count). The molecule has 1 aliphatic carbocycles. The van der Waals surface area contributed by atoms with E-state index in [1.807, 2.05) is 6.92 Å². The summed E-state index contributed by atoms with van der Waals surface area (Å²) in [5.74, 6) is 0.913. The van der Waals surface area contributed by atoms with Crippen molar-refractivity contribution in [3.8, 4) is 0 Å². The van der Waals surface area contributed by atoms with E-state index in [0.29, 0.717) is 6.54 Å². The van der Waals surface area contributed by atoms with Crippen molar-refractivity contribution in [3.05, 3.63) is 0 Å². The normalized spacial score (nSPS) is 20.4. The van der Waals surface area contributed by atoms with Crippen molar-refractivity contribution in [2.24, 2.45) is 5.92 Å². The molecule has 90 valence electrons. The number of aliphatic hydroxyl groups excluding tert-OH is 1. The molecular formula is C12H26N2O. The maximum absolute atomic E-state index is 9.03. The topological polar surface area (TPSA) is 44.3 Å². The van der Waals surface area contributed by atoms with Gasteiger partial charge >= 0.3 is 0 Å². The quantitative estimate of drug-likeness (QED) is 0.557. The van der Waals surface area contributed by atoms with Crippen LogP contribution in [0.25, 0.3) is 0 Å². The van der Waals surface area contributed by atoms with Crippen LogP contribution >= 0.6 is 0 Å². The molecule has 3 N–H and O–H groups in total. The Bertz CT molecular complexity index is 145. The molecule has 1 saturated carbocycles. The summed E-state index contributed by atoms with van der Waals surface area (Å²) in [4.78, 5) is 0. The first-order valence-electron chi connectivity index (χ1n) is 6.38. The molecule has 3 nitrogen and oxygen atoms in total. The van der Waals surface area contributed by atoms with Gasteiger partial charge in [0.05, 0.1) is 6.10 Å². The van der Waals surface area contributed by atoms with Crippen LogP contribution in [0.3, 0.4) is 0 Å². The smallest absolute Gasteiger partial charge is 0.0636 e. The van der Waals surface area contributed by atoms with Gasteiger partial charge in [-0.2, -0.15) is 0 Å². The van der Waals surface area contributed by atoms with Crippen molar-refractivity contribution in [1.29, 1.82) is 0 Å². The largest absolute Gasteiger partial charge is 0.392 e. The molecule has 15 heavy (non-hydrogen) atoms. The first kappa shape index (κ1) is 12.9. The van der Waals surface area contributed by atoms with E-state index < -0.39 is 0 Å². The second-order valence-electron chi connectivity index (χ2n) is 4.76. The van der Waals surface area contributed by atoms with Crippen LogP contribution in [0.4, 0.5) is 0 Å². The van der Waals surface area contributed by atoms with Crippen molar-refractivity contribution in [3.63, 3.8) is 0 Å². The third-order valence-electron chi connectivity index (χ3n) is 3.08. The van der Waals surface area contributed by atoms with Gasteiger partial charge < -0.3 is 15.7 Å². The highest BCUT2D eigenvalue weighted by Crippen LogP contribution is 2.22. The van der Waals surface area contributed by atoms with Crippen LogP contribution in [-0.4, -0.2) is 37.4 Å². The lowest BCUT2D eigenvalue weighted by molar-refractivity contribution is 0.191. The fourth-order valence-corrected chi connectivity index (χ4v) is 2.19. The molecule has 0 aromatic carbocycles. The minimum Gasteiger partial charge on any atom is -0.392 e. The minimum atomic E-state index is -0.233. The van der Waals surface area contributed by atoms with Crippen molar-refractivity contribution < 1.29 is 5.11 Å². The van der Waals surface area contributed by atoms with E-state index in [9.17, 15) is 0 Å². The molecule has 0 aliphatic heterocycles. The fraction of sp³-hybridized carbons (Fsp3) is 1.00. The van der Waals surface area contributed by atoms with Gasteiger partial charge in [0.2, 0.25) is 0 Å². The lowest BCUT2D eigenvalue weighted by Crippen LogP contribution is -2.34. The molecule has 0 saturated heterocycles. The average molecular weight is 214 g/mol. The second kappa shape index (κ2) is 8.08. The van der Waals surface area contributed by atoms with Gasteiger partial charge in [-0.3, -0.25) is 0 Å². The van der Waals surface area contributed by atoms with Crippen molar-refractivity contribution in [2.75, 3.05) is 26.2 Å². The minimum absolute atomic E-state index is 0.233. The summed E-state index contributed by atoms with van der Waals surface area (Å²) in [5, 5.41) is 15.7. The van der Waals surface area contributed by atoms with Crippen LogP contribution in [0.5, 0.6) is 0 Å². The van der Waals surface area contributed by atoms with Crippen LogP contribution in [0, 0.1) is 5.92 Å². The van der Waals surface area contributed by atoms with Crippen LogP contribution in [0.1, 0.15) is 39.0 Å². The Morgan fingerprint density at radius 3 is 2.47 bits per heavy atom. The molecule has 0 amide bonds. The Hall–Kier alpha value is -0.120. The van der Waals surface area contributed by atoms with E-state index in [-0.39, 0.29) is 6.10 Å². The molecule has 0 radical (unpaired) electrons. The van der Waals surface area contributed by atoms with E-state index in [1.165, 1.54) is 38.6 Å². The highest BCUT2D eigenvalue weighted by Gasteiger charge is 2.11. The third-order valence-corrected chi connectivity index (χ3v) is 3.08. The van der Waals surface area contributed by atoms with Gasteiger partial charge in [-0.25, -0.2) is 0 Å². The van der Waals surface area contributed by atoms with Gasteiger partial charge in [-0.1, -0.05) is 19.3 Å². The second-order valence-corrected chi connectivity index (χ2v) is 4.76. The summed E-state index contributed by atoms with van der Waals surface area (Å²) in [6.45, 7) is 5.66. The Morgan fingerprint density at radius 2 is 1.80 bits per heavy atom. The Balaban J connectivity index is 1.83. The molecule has 3 heteroatoms. The number of nitrogens with one attached hydrogen (secondary N) is 2. The van der Waals surface area contributed by atoms with Gasteiger partial charge in [0.1, 0.15) is 0 Å². The fourth-order valence-electron chi connectivity index (χ4n) is 2.19. The predicted octanol–water partition coefficient (Wildman–Crippen LogP) is 1.13. The monoisotopic (exact) mass is 214 g/mol. The standard InChI is InChI=1S/C12H26N2O/c1-11(15)9-13-7-8-14-10-12-5-3-2-4-6-12/h11-15H,2-10H2,1H3/t11-/m1/s1. The number of rotatable bonds is 7. The highest BCUT2D eigenvalue weighted by atomic mass is 16.3. The zero-order valence-electron chi connectivity index (χ0n) is 9.97. The molecule has 0 aromatic rings. The summed E-state index contributed by atoms with van der Waals surface area (Å²) in [6.07, 6.45) is 6.87. The SMILES string of the molecule is C[C@@H](O)CNCCNCC1CCCCC1. The molecule has 1 fully saturated rings. The first-order valence-corrected chi connectivity index (χ1v) is 6.38. The molecule has 0 unspecified atom stereocenters. The maximum atomic E-state index is 9.03. The van der Waals surface area contributed by atoms with E-state index in [0.717, 1.165) is 19.0 Å². The molecule has 0 heterocycles. The van der Waals surface area contributed by atoms with E-state index in [4.69, 9.17) is 5.11 Å². The first-order chi connectivity index (χ1) is 7.29. The van der Waals surface area contributed by atoms with Gasteiger partial charge in [-0.15, -0.1) is 0 Å². The summed E-state index contributed by atoms with van der Waals surface area (Å²) >= 11 is 0. The van der Waals surface area contributed by atoms with Gasteiger partial charge in [0.15, 0.2) is 0 Å². The summed E-state index contributed by atoms with van der Waals surface area (Å²) < 4.78 is 0. The van der Waals surface area contributed by atoms with Crippen LogP contribution in [0.2, 0.25) is 0 Å². The molecule has 1 aliphatic rings. The average Bonchev–Trinajstić information content (AvgIpc) is 2.24. The van der Waals surface area contributed by atoms with Crippen molar-refractivity contribution >= 4 is 0 Å². The zero-order valence-corrected chi connectivity index (χ0v) is 9.97. The molecule has 0 spiro atoms. The maximum Gasteiger partial charge on any atom is 0.0636 e. The van der Waals surface area contributed by atoms with E-state index >= 15 is 0 Å². The van der Waals surface area contributed by atoms with Crippen LogP contribution < -0.4 is 10.6 Å². The number of hydrogen-bond donors (Lipinski definition) is 3. The van der Waals surface area contributed by atoms with Crippen LogP contribution in [0.15, 0.2) is 0 Å². The molecule has 1 atom stereocenters. The van der Waals surface area contributed by atoms with Crippen LogP contribution in [-0.2, 0) is 0 Å². The Kier molecular flexibility index (Phi) is 6.98. The molecule has 0 bridgehead atoms. The predicted molar refractivity (Wildman–Crippen MR) is 64.0 cm³/mol. The van der Waals surface area contributed by atoms with Crippen molar-refractivity contribution in [2.45, 2.75) is 45.1 Å². The molecule has 0 aromatic heterocycles. The summed E-state index contributed by atoms with van der Waals surface area (Å²) in [7, 11) is 0. The van der Waals surface area contributed by atoms with Gasteiger partial charge in [0.25, 0.3) is 0 Å². The van der Waals surface area contributed by atoms with E-state index in [2.05, 4.69) is 10.6 Å². The highest BCUT2D eigenvalue weighted by molar-refractivity contribution is 4.68. The zero-order chi connectivity index (χ0) is 10.9. The summed E-state index contributed by atoms with van der Waals surface area (Å²) in [5.41, 5.74) is 0. The lowest BCUT2D eigenvalue weighted by atomic mass is 9.89.